The number of para-hydroxylation sites is 1. The van der Waals surface area contributed by atoms with Crippen LogP contribution in [0.3, 0.4) is 0 Å². The van der Waals surface area contributed by atoms with Crippen LogP contribution >= 0.6 is 0 Å². The number of nitrogens with one attached hydrogen (secondary N) is 1. The average Bonchev–Trinajstić information content (AvgIpc) is 2.83. The molecule has 0 radical (unpaired) electrons. The number of nitrogens with zero attached hydrogens (tertiary/aromatic N) is 4. The number of hydrogen-bond donors (Lipinski definition) is 1. The van der Waals surface area contributed by atoms with Gasteiger partial charge in [-0.15, -0.1) is 0 Å². The molecule has 0 saturated carbocycles. The Labute approximate surface area is 193 Å². The minimum absolute atomic E-state index is 0.105. The van der Waals surface area contributed by atoms with Crippen molar-refractivity contribution in [3.05, 3.63) is 72.1 Å². The molecule has 3 heterocycles. The smallest absolute Gasteiger partial charge is 0.263 e. The molecule has 33 heavy (non-hydrogen) atoms. The Morgan fingerprint density at radius 2 is 1.91 bits per heavy atom. The fourth-order valence-electron chi connectivity index (χ4n) is 3.98. The van der Waals surface area contributed by atoms with Gasteiger partial charge in [-0.3, -0.25) is 9.78 Å². The normalized spacial score (nSPS) is 15.2. The molecule has 1 N–H and O–H groups in total. The Morgan fingerprint density at radius 3 is 2.64 bits per heavy atom. The van der Waals surface area contributed by atoms with E-state index in [0.717, 1.165) is 30.0 Å². The van der Waals surface area contributed by atoms with Crippen LogP contribution in [0.25, 0.3) is 0 Å². The van der Waals surface area contributed by atoms with E-state index in [1.54, 1.807) is 35.5 Å². The molecule has 7 nitrogen and oxygen atoms in total. The van der Waals surface area contributed by atoms with Gasteiger partial charge >= 0.3 is 0 Å². The summed E-state index contributed by atoms with van der Waals surface area (Å²) in [6.07, 6.45) is 4.79. The third-order valence-corrected chi connectivity index (χ3v) is 5.77. The minimum Gasteiger partial charge on any atom is -0.478 e. The topological polar surface area (TPSA) is 80.2 Å². The number of aryl methyl sites for hydroxylation is 1. The number of anilines is 2. The van der Waals surface area contributed by atoms with Crippen LogP contribution in [0.5, 0.6) is 5.75 Å². The van der Waals surface area contributed by atoms with Crippen LogP contribution in [0.1, 0.15) is 43.5 Å². The highest BCUT2D eigenvalue weighted by Gasteiger charge is 2.30. The van der Waals surface area contributed by atoms with Gasteiger partial charge in [-0.1, -0.05) is 25.1 Å². The molecule has 0 aliphatic carbocycles. The van der Waals surface area contributed by atoms with Crippen molar-refractivity contribution in [3.63, 3.8) is 0 Å². The summed E-state index contributed by atoms with van der Waals surface area (Å²) in [5, 5.41) is 3.21. The number of carbonyl (C=O) groups is 1. The van der Waals surface area contributed by atoms with Gasteiger partial charge in [-0.2, -0.15) is 0 Å². The van der Waals surface area contributed by atoms with Crippen molar-refractivity contribution < 1.29 is 13.9 Å². The lowest BCUT2D eigenvalue weighted by atomic mass is 9.93. The molecule has 1 aliphatic heterocycles. The first-order valence-corrected chi connectivity index (χ1v) is 11.3. The zero-order valence-electron chi connectivity index (χ0n) is 18.9. The first-order chi connectivity index (χ1) is 16.0. The lowest BCUT2D eigenvalue weighted by Crippen LogP contribution is -2.45. The summed E-state index contributed by atoms with van der Waals surface area (Å²) in [5.41, 5.74) is 1.82. The van der Waals surface area contributed by atoms with E-state index in [9.17, 15) is 9.18 Å². The zero-order chi connectivity index (χ0) is 23.2. The zero-order valence-corrected chi connectivity index (χ0v) is 18.9. The number of pyridine rings is 1. The summed E-state index contributed by atoms with van der Waals surface area (Å²) in [6.45, 7) is 5.00. The summed E-state index contributed by atoms with van der Waals surface area (Å²) < 4.78 is 19.6. The number of rotatable bonds is 7. The number of benzene rings is 1. The number of aromatic nitrogens is 3. The Hall–Kier alpha value is -3.55. The number of piperidine rings is 1. The first-order valence-electron chi connectivity index (χ1n) is 11.3. The Bertz CT molecular complexity index is 1100. The van der Waals surface area contributed by atoms with Gasteiger partial charge in [0, 0.05) is 30.9 Å². The summed E-state index contributed by atoms with van der Waals surface area (Å²) in [6, 6.07) is 11.9. The van der Waals surface area contributed by atoms with Crippen LogP contribution in [-0.2, 0) is 4.79 Å². The van der Waals surface area contributed by atoms with E-state index in [1.165, 1.54) is 6.07 Å². The molecule has 1 amide bonds. The molecule has 2 aromatic heterocycles. The second kappa shape index (κ2) is 10.4. The van der Waals surface area contributed by atoms with Crippen LogP contribution < -0.4 is 10.1 Å². The summed E-state index contributed by atoms with van der Waals surface area (Å²) in [5.74, 6) is 1.12. The summed E-state index contributed by atoms with van der Waals surface area (Å²) in [7, 11) is 0. The van der Waals surface area contributed by atoms with Crippen molar-refractivity contribution in [2.75, 3.05) is 18.4 Å². The molecule has 0 unspecified atom stereocenters. The molecule has 1 saturated heterocycles. The van der Waals surface area contributed by atoms with Gasteiger partial charge in [-0.25, -0.2) is 14.4 Å². The maximum Gasteiger partial charge on any atom is 0.263 e. The van der Waals surface area contributed by atoms with Crippen molar-refractivity contribution in [2.24, 2.45) is 0 Å². The number of ether oxygens (including phenoxy) is 1. The molecule has 8 heteroatoms. The number of likely N-dealkylation sites (tertiary alicyclic amines) is 1. The molecule has 1 aromatic carbocycles. The van der Waals surface area contributed by atoms with Crippen LogP contribution in [0.2, 0.25) is 0 Å². The van der Waals surface area contributed by atoms with Crippen molar-refractivity contribution in [1.29, 1.82) is 0 Å². The molecule has 172 valence electrons. The maximum absolute atomic E-state index is 13.9. The fraction of sp³-hybridized carbons (Fsp3) is 0.360. The van der Waals surface area contributed by atoms with Crippen LogP contribution in [0.4, 0.5) is 16.0 Å². The first kappa shape index (κ1) is 22.6. The largest absolute Gasteiger partial charge is 0.478 e. The molecule has 1 fully saturated rings. The van der Waals surface area contributed by atoms with Crippen molar-refractivity contribution >= 4 is 17.5 Å². The minimum atomic E-state index is -0.701. The van der Waals surface area contributed by atoms with Gasteiger partial charge in [-0.05, 0) is 50.5 Å². The van der Waals surface area contributed by atoms with E-state index < -0.39 is 11.9 Å². The molecule has 1 aliphatic rings. The highest BCUT2D eigenvalue weighted by Crippen LogP contribution is 2.28. The lowest BCUT2D eigenvalue weighted by Gasteiger charge is -2.33. The van der Waals surface area contributed by atoms with Crippen molar-refractivity contribution in [1.82, 2.24) is 19.9 Å². The monoisotopic (exact) mass is 449 g/mol. The Kier molecular flexibility index (Phi) is 7.12. The van der Waals surface area contributed by atoms with E-state index in [0.29, 0.717) is 25.3 Å². The van der Waals surface area contributed by atoms with Crippen molar-refractivity contribution in [3.8, 4) is 5.75 Å². The standard InChI is InChI=1S/C25H28FN5O2/c1-3-21(33-22-9-5-4-8-19(22)26)25(32)31-13-11-18(12-14-31)20-15-27-16-24(29-20)30-23-10-6-7-17(2)28-23/h4-10,15-16,18,21H,3,11-14H2,1-2H3,(H,28,29,30)/t21-/m1/s1. The number of carbonyl (C=O) groups excluding carboxylic acids is 1. The van der Waals surface area contributed by atoms with Gasteiger partial charge in [0.2, 0.25) is 0 Å². The third-order valence-electron chi connectivity index (χ3n) is 5.77. The van der Waals surface area contributed by atoms with Gasteiger partial charge in [0.25, 0.3) is 5.91 Å². The van der Waals surface area contributed by atoms with Gasteiger partial charge < -0.3 is 15.0 Å². The van der Waals surface area contributed by atoms with Crippen LogP contribution in [0, 0.1) is 12.7 Å². The maximum atomic E-state index is 13.9. The van der Waals surface area contributed by atoms with Gasteiger partial charge in [0.1, 0.15) is 11.6 Å². The number of amides is 1. The van der Waals surface area contributed by atoms with Gasteiger partial charge in [0.05, 0.1) is 11.9 Å². The second-order valence-electron chi connectivity index (χ2n) is 8.16. The number of halogens is 1. The summed E-state index contributed by atoms with van der Waals surface area (Å²) in [4.78, 5) is 28.3. The second-order valence-corrected chi connectivity index (χ2v) is 8.16. The summed E-state index contributed by atoms with van der Waals surface area (Å²) >= 11 is 0. The SMILES string of the molecule is CC[C@@H](Oc1ccccc1F)C(=O)N1CCC(c2cncc(Nc3cccc(C)n3)n2)CC1. The van der Waals surface area contributed by atoms with E-state index >= 15 is 0 Å². The molecule has 3 aromatic rings. The van der Waals surface area contributed by atoms with Crippen LogP contribution in [-0.4, -0.2) is 45.0 Å². The molecule has 0 spiro atoms. The van der Waals surface area contributed by atoms with Gasteiger partial charge in [0.15, 0.2) is 17.7 Å². The van der Waals surface area contributed by atoms with Crippen molar-refractivity contribution in [2.45, 2.75) is 45.1 Å². The fourth-order valence-corrected chi connectivity index (χ4v) is 3.98. The molecular formula is C25H28FN5O2. The highest BCUT2D eigenvalue weighted by molar-refractivity contribution is 5.81. The Balaban J connectivity index is 1.36. The third kappa shape index (κ3) is 5.63. The molecule has 4 rings (SSSR count). The van der Waals surface area contributed by atoms with E-state index in [2.05, 4.69) is 15.3 Å². The molecule has 1 atom stereocenters. The molecular weight excluding hydrogens is 421 g/mol. The predicted octanol–water partition coefficient (Wildman–Crippen LogP) is 4.63. The van der Waals surface area contributed by atoms with E-state index in [1.807, 2.05) is 32.0 Å². The predicted molar refractivity (Wildman–Crippen MR) is 124 cm³/mol. The van der Waals surface area contributed by atoms with E-state index in [4.69, 9.17) is 9.72 Å². The number of hydrogen-bond acceptors (Lipinski definition) is 6. The quantitative estimate of drug-likeness (QED) is 0.567. The lowest BCUT2D eigenvalue weighted by molar-refractivity contribution is -0.140. The van der Waals surface area contributed by atoms with Crippen LogP contribution in [0.15, 0.2) is 54.9 Å². The molecule has 0 bridgehead atoms. The highest BCUT2D eigenvalue weighted by atomic mass is 19.1. The average molecular weight is 450 g/mol. The Morgan fingerprint density at radius 1 is 1.12 bits per heavy atom. The van der Waals surface area contributed by atoms with E-state index in [-0.39, 0.29) is 17.6 Å².